The molecule has 2 aromatic rings. The largest absolute Gasteiger partial charge is 0.465 e. The van der Waals surface area contributed by atoms with Crippen molar-refractivity contribution in [3.05, 3.63) is 56.9 Å². The van der Waals surface area contributed by atoms with Gasteiger partial charge in [0.25, 0.3) is 0 Å². The molecule has 6 nitrogen and oxygen atoms in total. The van der Waals surface area contributed by atoms with Crippen LogP contribution in [0.2, 0.25) is 0 Å². The molecule has 1 aliphatic heterocycles. The minimum Gasteiger partial charge on any atom is -0.465 e. The van der Waals surface area contributed by atoms with E-state index in [4.69, 9.17) is 15.2 Å². The number of rotatable bonds is 2. The number of methoxy groups -OCH3 is 1. The topological polar surface area (TPSA) is 98.2 Å². The fourth-order valence-corrected chi connectivity index (χ4v) is 3.81. The van der Waals surface area contributed by atoms with Crippen LogP contribution in [0.4, 0.5) is 0 Å². The zero-order chi connectivity index (χ0) is 16.6. The molecular formula is C16H13N3O3S. The number of hydrogen-bond donors (Lipinski definition) is 1. The van der Waals surface area contributed by atoms with Gasteiger partial charge in [-0.25, -0.2) is 4.79 Å². The molecule has 0 saturated carbocycles. The zero-order valence-corrected chi connectivity index (χ0v) is 13.3. The summed E-state index contributed by atoms with van der Waals surface area (Å²) in [6.07, 6.45) is 3.33. The van der Waals surface area contributed by atoms with Crippen molar-refractivity contribution >= 4 is 17.3 Å². The van der Waals surface area contributed by atoms with Gasteiger partial charge in [0.2, 0.25) is 5.88 Å². The van der Waals surface area contributed by atoms with Gasteiger partial charge in [0.15, 0.2) is 5.75 Å². The highest BCUT2D eigenvalue weighted by Crippen LogP contribution is 2.49. The molecular weight excluding hydrogens is 314 g/mol. The lowest BCUT2D eigenvalue weighted by Crippen LogP contribution is -2.21. The molecule has 2 N–H and O–H groups in total. The SMILES string of the molecule is COC(=O)c1c(C)sc2c1OC(N)=C(C#N)[C@H]2c1cccnc1. The van der Waals surface area contributed by atoms with Crippen LogP contribution in [0.25, 0.3) is 0 Å². The average Bonchev–Trinajstić information content (AvgIpc) is 2.89. The molecule has 116 valence electrons. The smallest absolute Gasteiger partial charge is 0.342 e. The first-order chi connectivity index (χ1) is 11.1. The molecule has 0 fully saturated rings. The lowest BCUT2D eigenvalue weighted by molar-refractivity contribution is 0.0597. The van der Waals surface area contributed by atoms with E-state index in [-0.39, 0.29) is 5.88 Å². The molecule has 0 amide bonds. The number of pyridine rings is 1. The van der Waals surface area contributed by atoms with E-state index >= 15 is 0 Å². The van der Waals surface area contributed by atoms with Gasteiger partial charge < -0.3 is 15.2 Å². The molecule has 0 aliphatic carbocycles. The van der Waals surface area contributed by atoms with Crippen LogP contribution >= 0.6 is 11.3 Å². The Morgan fingerprint density at radius 1 is 1.57 bits per heavy atom. The highest BCUT2D eigenvalue weighted by atomic mass is 32.1. The van der Waals surface area contributed by atoms with Crippen molar-refractivity contribution in [2.24, 2.45) is 5.73 Å². The number of fused-ring (bicyclic) bond motifs is 1. The van der Waals surface area contributed by atoms with E-state index in [1.54, 1.807) is 25.4 Å². The van der Waals surface area contributed by atoms with E-state index < -0.39 is 11.9 Å². The number of ether oxygens (including phenoxy) is 2. The Labute approximate surface area is 136 Å². The Morgan fingerprint density at radius 2 is 2.35 bits per heavy atom. The first kappa shape index (κ1) is 15.1. The number of allylic oxidation sites excluding steroid dienone is 1. The van der Waals surface area contributed by atoms with Crippen LogP contribution in [-0.4, -0.2) is 18.1 Å². The number of aromatic nitrogens is 1. The molecule has 3 rings (SSSR count). The summed E-state index contributed by atoms with van der Waals surface area (Å²) in [5, 5.41) is 9.47. The van der Waals surface area contributed by atoms with Gasteiger partial charge >= 0.3 is 5.97 Å². The summed E-state index contributed by atoms with van der Waals surface area (Å²) in [5.74, 6) is -0.529. The highest BCUT2D eigenvalue weighted by Gasteiger charge is 2.37. The van der Waals surface area contributed by atoms with Crippen LogP contribution in [0, 0.1) is 18.3 Å². The van der Waals surface area contributed by atoms with Gasteiger partial charge in [-0.3, -0.25) is 4.98 Å². The highest BCUT2D eigenvalue weighted by molar-refractivity contribution is 7.12. The number of aryl methyl sites for hydroxylation is 1. The fourth-order valence-electron chi connectivity index (χ4n) is 2.60. The van der Waals surface area contributed by atoms with E-state index in [0.29, 0.717) is 16.9 Å². The number of nitriles is 1. The van der Waals surface area contributed by atoms with Crippen LogP contribution in [0.5, 0.6) is 5.75 Å². The quantitative estimate of drug-likeness (QED) is 0.851. The summed E-state index contributed by atoms with van der Waals surface area (Å²) in [7, 11) is 1.31. The summed E-state index contributed by atoms with van der Waals surface area (Å²) >= 11 is 1.39. The fraction of sp³-hybridized carbons (Fsp3) is 0.188. The number of hydrogen-bond acceptors (Lipinski definition) is 7. The zero-order valence-electron chi connectivity index (χ0n) is 12.5. The van der Waals surface area contributed by atoms with Gasteiger partial charge in [-0.2, -0.15) is 5.26 Å². The van der Waals surface area contributed by atoms with E-state index in [0.717, 1.165) is 15.3 Å². The second-order valence-corrected chi connectivity index (χ2v) is 6.19. The molecule has 0 radical (unpaired) electrons. The lowest BCUT2D eigenvalue weighted by atomic mass is 9.89. The van der Waals surface area contributed by atoms with Crippen LogP contribution < -0.4 is 10.5 Å². The van der Waals surface area contributed by atoms with Gasteiger partial charge in [-0.15, -0.1) is 11.3 Å². The van der Waals surface area contributed by atoms with Gasteiger partial charge in [-0.05, 0) is 18.6 Å². The molecule has 0 spiro atoms. The predicted molar refractivity (Wildman–Crippen MR) is 83.9 cm³/mol. The van der Waals surface area contributed by atoms with Crippen molar-refractivity contribution in [1.82, 2.24) is 4.98 Å². The first-order valence-corrected chi connectivity index (χ1v) is 7.59. The Balaban J connectivity index is 2.25. The van der Waals surface area contributed by atoms with Crippen LogP contribution in [0.15, 0.2) is 36.0 Å². The van der Waals surface area contributed by atoms with Crippen molar-refractivity contribution in [3.8, 4) is 11.8 Å². The van der Waals surface area contributed by atoms with Crippen molar-refractivity contribution in [2.75, 3.05) is 7.11 Å². The molecule has 0 bridgehead atoms. The number of carbonyl (C=O) groups excluding carboxylic acids is 1. The van der Waals surface area contributed by atoms with Crippen LogP contribution in [0.1, 0.15) is 31.6 Å². The number of carbonyl (C=O) groups is 1. The number of nitrogens with zero attached hydrogens (tertiary/aromatic N) is 2. The number of thiophene rings is 1. The van der Waals surface area contributed by atoms with Crippen molar-refractivity contribution < 1.29 is 14.3 Å². The second kappa shape index (κ2) is 5.74. The predicted octanol–water partition coefficient (Wildman–Crippen LogP) is 2.46. The van der Waals surface area contributed by atoms with Gasteiger partial charge in [-0.1, -0.05) is 6.07 Å². The molecule has 3 heterocycles. The molecule has 7 heteroatoms. The number of nitrogens with two attached hydrogens (primary N) is 1. The van der Waals surface area contributed by atoms with E-state index in [9.17, 15) is 10.1 Å². The Hall–Kier alpha value is -2.85. The van der Waals surface area contributed by atoms with Crippen molar-refractivity contribution in [1.29, 1.82) is 5.26 Å². The standard InChI is InChI=1S/C16H13N3O3S/c1-8-11(16(20)21-2)13-14(23-8)12(9-4-3-5-19-7-9)10(6-17)15(18)22-13/h3-5,7,12H,18H2,1-2H3/t12-/m1/s1. The number of esters is 1. The van der Waals surface area contributed by atoms with Crippen LogP contribution in [-0.2, 0) is 4.74 Å². The summed E-state index contributed by atoms with van der Waals surface area (Å²) in [6.45, 7) is 1.81. The molecule has 0 aromatic carbocycles. The summed E-state index contributed by atoms with van der Waals surface area (Å²) in [4.78, 5) is 17.6. The molecule has 2 aromatic heterocycles. The summed E-state index contributed by atoms with van der Waals surface area (Å²) < 4.78 is 10.4. The Kier molecular flexibility index (Phi) is 3.76. The summed E-state index contributed by atoms with van der Waals surface area (Å²) in [5.41, 5.74) is 7.39. The monoisotopic (exact) mass is 327 g/mol. The maximum absolute atomic E-state index is 12.0. The minimum atomic E-state index is -0.488. The Morgan fingerprint density at radius 3 is 2.96 bits per heavy atom. The van der Waals surface area contributed by atoms with Crippen LogP contribution in [0.3, 0.4) is 0 Å². The third-order valence-corrected chi connectivity index (χ3v) is 4.77. The second-order valence-electron chi connectivity index (χ2n) is 4.93. The first-order valence-electron chi connectivity index (χ1n) is 6.77. The van der Waals surface area contributed by atoms with Gasteiger partial charge in [0.05, 0.1) is 17.9 Å². The van der Waals surface area contributed by atoms with Crippen molar-refractivity contribution in [3.63, 3.8) is 0 Å². The summed E-state index contributed by atoms with van der Waals surface area (Å²) in [6, 6.07) is 5.76. The van der Waals surface area contributed by atoms with Gasteiger partial charge in [0.1, 0.15) is 17.2 Å². The van der Waals surface area contributed by atoms with E-state index in [1.807, 2.05) is 6.07 Å². The van der Waals surface area contributed by atoms with Crippen molar-refractivity contribution in [2.45, 2.75) is 12.8 Å². The molecule has 1 atom stereocenters. The van der Waals surface area contributed by atoms with E-state index in [1.165, 1.54) is 18.4 Å². The Bertz CT molecular complexity index is 849. The minimum absolute atomic E-state index is 0.00296. The third kappa shape index (κ3) is 2.33. The van der Waals surface area contributed by atoms with Gasteiger partial charge in [0, 0.05) is 17.3 Å². The molecule has 23 heavy (non-hydrogen) atoms. The molecule has 1 aliphatic rings. The molecule has 0 unspecified atom stereocenters. The van der Waals surface area contributed by atoms with E-state index in [2.05, 4.69) is 11.1 Å². The third-order valence-electron chi connectivity index (χ3n) is 3.62. The molecule has 0 saturated heterocycles. The normalized spacial score (nSPS) is 16.3. The maximum atomic E-state index is 12.0. The average molecular weight is 327 g/mol. The maximum Gasteiger partial charge on any atom is 0.342 e. The lowest BCUT2D eigenvalue weighted by Gasteiger charge is -2.23.